The molecule has 1 aromatic carbocycles. The van der Waals surface area contributed by atoms with Crippen molar-refractivity contribution in [1.29, 1.82) is 0 Å². The predicted octanol–water partition coefficient (Wildman–Crippen LogP) is 1.04. The molecular formula is C12H9N3O2. The van der Waals surface area contributed by atoms with Gasteiger partial charge in [0.15, 0.2) is 0 Å². The van der Waals surface area contributed by atoms with Gasteiger partial charge in [-0.3, -0.25) is 14.8 Å². The van der Waals surface area contributed by atoms with Crippen LogP contribution in [0.5, 0.6) is 0 Å². The van der Waals surface area contributed by atoms with Crippen LogP contribution in [0.1, 0.15) is 12.0 Å². The second kappa shape index (κ2) is 4.49. The molecule has 1 heterocycles. The fourth-order valence-electron chi connectivity index (χ4n) is 1.39. The van der Waals surface area contributed by atoms with Crippen molar-refractivity contribution >= 4 is 22.7 Å². The standard InChI is InChI=1S/C12H9N3O2/c13-9-4-5-10-12(15-7-6-14-10)8(9)2-1-3-11(16)17/h4-7H,3,13H2,(H,16,17). The van der Waals surface area contributed by atoms with E-state index in [1.165, 1.54) is 0 Å². The number of nitrogens with zero attached hydrogens (tertiary/aromatic N) is 2. The number of nitrogen functional groups attached to an aromatic ring is 1. The van der Waals surface area contributed by atoms with E-state index in [4.69, 9.17) is 10.8 Å². The van der Waals surface area contributed by atoms with Gasteiger partial charge in [0.25, 0.3) is 0 Å². The molecule has 0 bridgehead atoms. The van der Waals surface area contributed by atoms with Gasteiger partial charge in [0.05, 0.1) is 11.1 Å². The normalized spacial score (nSPS) is 9.65. The molecule has 0 saturated carbocycles. The zero-order valence-electron chi connectivity index (χ0n) is 8.84. The highest BCUT2D eigenvalue weighted by Gasteiger charge is 2.04. The topological polar surface area (TPSA) is 89.1 Å². The van der Waals surface area contributed by atoms with Gasteiger partial charge >= 0.3 is 5.97 Å². The molecular weight excluding hydrogens is 218 g/mol. The summed E-state index contributed by atoms with van der Waals surface area (Å²) in [5.74, 6) is 4.30. The average molecular weight is 227 g/mol. The molecule has 17 heavy (non-hydrogen) atoms. The summed E-state index contributed by atoms with van der Waals surface area (Å²) in [5, 5.41) is 8.51. The van der Waals surface area contributed by atoms with E-state index in [0.717, 1.165) is 0 Å². The molecule has 2 aromatic rings. The number of aromatic nitrogens is 2. The van der Waals surface area contributed by atoms with Gasteiger partial charge in [-0.2, -0.15) is 0 Å². The van der Waals surface area contributed by atoms with E-state index in [1.807, 2.05) is 0 Å². The second-order valence-corrected chi connectivity index (χ2v) is 3.33. The molecule has 0 saturated heterocycles. The van der Waals surface area contributed by atoms with Crippen LogP contribution < -0.4 is 5.73 Å². The Morgan fingerprint density at radius 1 is 1.35 bits per heavy atom. The lowest BCUT2D eigenvalue weighted by Gasteiger charge is -2.01. The molecule has 2 rings (SSSR count). The first-order valence-corrected chi connectivity index (χ1v) is 4.88. The average Bonchev–Trinajstić information content (AvgIpc) is 2.32. The first-order chi connectivity index (χ1) is 8.18. The molecule has 0 amide bonds. The van der Waals surface area contributed by atoms with Crippen LogP contribution in [-0.4, -0.2) is 21.0 Å². The number of aliphatic carboxylic acids is 1. The van der Waals surface area contributed by atoms with Crippen LogP contribution in [0.4, 0.5) is 5.69 Å². The Morgan fingerprint density at radius 3 is 2.88 bits per heavy atom. The first kappa shape index (κ1) is 10.9. The number of carboxylic acid groups (broad SMARTS) is 1. The minimum atomic E-state index is -0.970. The van der Waals surface area contributed by atoms with E-state index in [2.05, 4.69) is 21.8 Å². The van der Waals surface area contributed by atoms with E-state index >= 15 is 0 Å². The van der Waals surface area contributed by atoms with Crippen molar-refractivity contribution in [3.05, 3.63) is 30.1 Å². The molecule has 0 unspecified atom stereocenters. The van der Waals surface area contributed by atoms with Crippen LogP contribution in [0.25, 0.3) is 11.0 Å². The third-order valence-electron chi connectivity index (χ3n) is 2.13. The predicted molar refractivity (Wildman–Crippen MR) is 63.1 cm³/mol. The Kier molecular flexibility index (Phi) is 2.88. The summed E-state index contributed by atoms with van der Waals surface area (Å²) in [6.45, 7) is 0. The van der Waals surface area contributed by atoms with Gasteiger partial charge in [-0.05, 0) is 12.1 Å². The SMILES string of the molecule is Nc1ccc2nccnc2c1C#CCC(=O)O. The van der Waals surface area contributed by atoms with Crippen LogP contribution in [0.2, 0.25) is 0 Å². The van der Waals surface area contributed by atoms with Gasteiger partial charge in [-0.15, -0.1) is 0 Å². The van der Waals surface area contributed by atoms with E-state index < -0.39 is 5.97 Å². The lowest BCUT2D eigenvalue weighted by Crippen LogP contribution is -1.95. The van der Waals surface area contributed by atoms with Crippen LogP contribution in [0.15, 0.2) is 24.5 Å². The zero-order valence-corrected chi connectivity index (χ0v) is 8.84. The molecule has 0 aliphatic heterocycles. The molecule has 0 atom stereocenters. The summed E-state index contributed by atoms with van der Waals surface area (Å²) in [5.41, 5.74) is 8.05. The fraction of sp³-hybridized carbons (Fsp3) is 0.0833. The van der Waals surface area contributed by atoms with Crippen molar-refractivity contribution < 1.29 is 9.90 Å². The third kappa shape index (κ3) is 2.32. The molecule has 3 N–H and O–H groups in total. The number of carbonyl (C=O) groups is 1. The summed E-state index contributed by atoms with van der Waals surface area (Å²) >= 11 is 0. The Balaban J connectivity index is 2.54. The molecule has 0 spiro atoms. The number of anilines is 1. The van der Waals surface area contributed by atoms with Gasteiger partial charge < -0.3 is 10.8 Å². The molecule has 0 aliphatic carbocycles. The van der Waals surface area contributed by atoms with E-state index in [0.29, 0.717) is 22.3 Å². The highest BCUT2D eigenvalue weighted by atomic mass is 16.4. The van der Waals surface area contributed by atoms with Crippen molar-refractivity contribution in [2.24, 2.45) is 0 Å². The highest BCUT2D eigenvalue weighted by molar-refractivity contribution is 5.86. The van der Waals surface area contributed by atoms with Gasteiger partial charge in [-0.25, -0.2) is 0 Å². The summed E-state index contributed by atoms with van der Waals surface area (Å²) in [6.07, 6.45) is 2.90. The van der Waals surface area contributed by atoms with Crippen LogP contribution in [0, 0.1) is 11.8 Å². The maximum absolute atomic E-state index is 10.4. The fourth-order valence-corrected chi connectivity index (χ4v) is 1.39. The third-order valence-corrected chi connectivity index (χ3v) is 2.13. The monoisotopic (exact) mass is 227 g/mol. The first-order valence-electron chi connectivity index (χ1n) is 4.88. The molecule has 0 aliphatic rings. The van der Waals surface area contributed by atoms with Gasteiger partial charge in [0.1, 0.15) is 11.9 Å². The van der Waals surface area contributed by atoms with Crippen molar-refractivity contribution in [1.82, 2.24) is 9.97 Å². The summed E-state index contributed by atoms with van der Waals surface area (Å²) in [7, 11) is 0. The number of hydrogen-bond donors (Lipinski definition) is 2. The number of hydrogen-bond acceptors (Lipinski definition) is 4. The second-order valence-electron chi connectivity index (χ2n) is 3.33. The molecule has 5 heteroatoms. The summed E-state index contributed by atoms with van der Waals surface area (Å²) in [6, 6.07) is 3.43. The molecule has 5 nitrogen and oxygen atoms in total. The lowest BCUT2D eigenvalue weighted by atomic mass is 10.1. The zero-order chi connectivity index (χ0) is 12.3. The summed E-state index contributed by atoms with van der Waals surface area (Å²) in [4.78, 5) is 18.6. The maximum atomic E-state index is 10.4. The maximum Gasteiger partial charge on any atom is 0.315 e. The van der Waals surface area contributed by atoms with E-state index in [1.54, 1.807) is 24.5 Å². The minimum absolute atomic E-state index is 0.226. The molecule has 1 aromatic heterocycles. The lowest BCUT2D eigenvalue weighted by molar-refractivity contribution is -0.135. The smallest absolute Gasteiger partial charge is 0.315 e. The van der Waals surface area contributed by atoms with Crippen molar-refractivity contribution in [2.45, 2.75) is 6.42 Å². The Hall–Kier alpha value is -2.61. The number of carboxylic acids is 1. The minimum Gasteiger partial charge on any atom is -0.481 e. The number of benzene rings is 1. The Labute approximate surface area is 97.3 Å². The van der Waals surface area contributed by atoms with E-state index in [9.17, 15) is 4.79 Å². The van der Waals surface area contributed by atoms with Crippen LogP contribution >= 0.6 is 0 Å². The van der Waals surface area contributed by atoms with Crippen molar-refractivity contribution in [3.8, 4) is 11.8 Å². The molecule has 0 radical (unpaired) electrons. The van der Waals surface area contributed by atoms with E-state index in [-0.39, 0.29) is 6.42 Å². The summed E-state index contributed by atoms with van der Waals surface area (Å²) < 4.78 is 0. The number of nitrogens with two attached hydrogens (primary N) is 1. The van der Waals surface area contributed by atoms with Gasteiger partial charge in [-0.1, -0.05) is 11.8 Å². The van der Waals surface area contributed by atoms with Crippen LogP contribution in [0.3, 0.4) is 0 Å². The Morgan fingerprint density at radius 2 is 2.12 bits per heavy atom. The largest absolute Gasteiger partial charge is 0.481 e. The number of fused-ring (bicyclic) bond motifs is 1. The quantitative estimate of drug-likeness (QED) is 0.561. The van der Waals surface area contributed by atoms with Crippen molar-refractivity contribution in [3.63, 3.8) is 0 Å². The number of rotatable bonds is 1. The van der Waals surface area contributed by atoms with Crippen LogP contribution in [-0.2, 0) is 4.79 Å². The molecule has 84 valence electrons. The highest BCUT2D eigenvalue weighted by Crippen LogP contribution is 2.19. The Bertz CT molecular complexity index is 641. The van der Waals surface area contributed by atoms with Gasteiger partial charge in [0.2, 0.25) is 0 Å². The molecule has 0 fully saturated rings. The van der Waals surface area contributed by atoms with Gasteiger partial charge in [0, 0.05) is 18.1 Å². The van der Waals surface area contributed by atoms with Crippen molar-refractivity contribution in [2.75, 3.05) is 5.73 Å².